The fourth-order valence-corrected chi connectivity index (χ4v) is 2.26. The fourth-order valence-electron chi connectivity index (χ4n) is 2.26. The summed E-state index contributed by atoms with van der Waals surface area (Å²) >= 11 is 0. The number of hydrogen-bond donors (Lipinski definition) is 1. The van der Waals surface area contributed by atoms with Gasteiger partial charge in [-0.05, 0) is 43.8 Å². The molecule has 0 bridgehead atoms. The zero-order valence-electron chi connectivity index (χ0n) is 12.1. The summed E-state index contributed by atoms with van der Waals surface area (Å²) in [7, 11) is 1.92. The average molecular weight is 290 g/mol. The maximum absolute atomic E-state index is 13.6. The molecule has 1 unspecified atom stereocenters. The highest BCUT2D eigenvalue weighted by atomic mass is 19.1. The lowest BCUT2D eigenvalue weighted by Gasteiger charge is -2.20. The van der Waals surface area contributed by atoms with Gasteiger partial charge in [-0.1, -0.05) is 30.3 Å². The number of nitrogens with two attached hydrogens (primary N) is 1. The molecule has 1 atom stereocenters. The molecule has 2 rings (SSSR count). The van der Waals surface area contributed by atoms with E-state index in [1.165, 1.54) is 18.2 Å². The summed E-state index contributed by atoms with van der Waals surface area (Å²) < 4.78 is 26.7. The van der Waals surface area contributed by atoms with E-state index in [4.69, 9.17) is 5.73 Å². The van der Waals surface area contributed by atoms with Crippen LogP contribution in [0.25, 0.3) is 0 Å². The molecule has 0 aliphatic heterocycles. The molecule has 0 amide bonds. The van der Waals surface area contributed by atoms with E-state index in [1.807, 2.05) is 24.1 Å². The van der Waals surface area contributed by atoms with Crippen molar-refractivity contribution in [3.63, 3.8) is 0 Å². The first-order valence-electron chi connectivity index (χ1n) is 6.99. The maximum atomic E-state index is 13.6. The van der Waals surface area contributed by atoms with Crippen LogP contribution in [0.5, 0.6) is 0 Å². The van der Waals surface area contributed by atoms with Crippen molar-refractivity contribution in [3.8, 4) is 0 Å². The minimum absolute atomic E-state index is 0.196. The van der Waals surface area contributed by atoms with Gasteiger partial charge in [0.15, 0.2) is 0 Å². The van der Waals surface area contributed by atoms with Crippen molar-refractivity contribution < 1.29 is 8.78 Å². The van der Waals surface area contributed by atoms with Crippen molar-refractivity contribution in [2.45, 2.75) is 19.0 Å². The summed E-state index contributed by atoms with van der Waals surface area (Å²) in [6, 6.07) is 12.9. The van der Waals surface area contributed by atoms with Gasteiger partial charge in [-0.15, -0.1) is 0 Å². The van der Waals surface area contributed by atoms with Gasteiger partial charge < -0.3 is 10.6 Å². The summed E-state index contributed by atoms with van der Waals surface area (Å²) in [6.45, 7) is 1.24. The molecule has 0 aliphatic rings. The number of rotatable bonds is 6. The second-order valence-electron chi connectivity index (χ2n) is 5.28. The smallest absolute Gasteiger partial charge is 0.127 e. The Morgan fingerprint density at radius 3 is 2.57 bits per heavy atom. The van der Waals surface area contributed by atoms with Crippen LogP contribution in [-0.4, -0.2) is 18.5 Å². The van der Waals surface area contributed by atoms with E-state index in [2.05, 4.69) is 0 Å². The maximum Gasteiger partial charge on any atom is 0.127 e. The van der Waals surface area contributed by atoms with Crippen LogP contribution in [0, 0.1) is 11.6 Å². The van der Waals surface area contributed by atoms with Crippen LogP contribution in [0.2, 0.25) is 0 Å². The van der Waals surface area contributed by atoms with Crippen molar-refractivity contribution in [2.24, 2.45) is 5.73 Å². The minimum Gasteiger partial charge on any atom is -0.324 e. The molecule has 2 aromatic rings. The quantitative estimate of drug-likeness (QED) is 0.882. The van der Waals surface area contributed by atoms with E-state index in [1.54, 1.807) is 18.2 Å². The Morgan fingerprint density at radius 2 is 1.86 bits per heavy atom. The predicted molar refractivity (Wildman–Crippen MR) is 80.7 cm³/mol. The second kappa shape index (κ2) is 7.29. The molecular formula is C17H20F2N2. The molecule has 2 N–H and O–H groups in total. The van der Waals surface area contributed by atoms with Gasteiger partial charge in [0, 0.05) is 18.2 Å². The van der Waals surface area contributed by atoms with Gasteiger partial charge in [-0.2, -0.15) is 0 Å². The van der Waals surface area contributed by atoms with Crippen molar-refractivity contribution in [1.82, 2.24) is 4.90 Å². The molecule has 0 radical (unpaired) electrons. The van der Waals surface area contributed by atoms with Crippen molar-refractivity contribution in [1.29, 1.82) is 0 Å². The highest BCUT2D eigenvalue weighted by Crippen LogP contribution is 2.16. The third-order valence-electron chi connectivity index (χ3n) is 3.50. The summed E-state index contributed by atoms with van der Waals surface area (Å²) in [5, 5.41) is 0. The molecule has 0 aromatic heterocycles. The van der Waals surface area contributed by atoms with Gasteiger partial charge in [0.05, 0.1) is 0 Å². The monoisotopic (exact) mass is 290 g/mol. The van der Waals surface area contributed by atoms with Crippen LogP contribution in [0.4, 0.5) is 8.78 Å². The van der Waals surface area contributed by atoms with Crippen LogP contribution in [0.1, 0.15) is 23.6 Å². The summed E-state index contributed by atoms with van der Waals surface area (Å²) in [5.74, 6) is -0.471. The molecule has 2 nitrogen and oxygen atoms in total. The van der Waals surface area contributed by atoms with E-state index in [0.717, 1.165) is 5.56 Å². The lowest BCUT2D eigenvalue weighted by atomic mass is 10.0. The Labute approximate surface area is 124 Å². The van der Waals surface area contributed by atoms with Gasteiger partial charge in [-0.3, -0.25) is 0 Å². The summed E-state index contributed by atoms with van der Waals surface area (Å²) in [6.07, 6.45) is 0.689. The van der Waals surface area contributed by atoms with Crippen LogP contribution >= 0.6 is 0 Å². The molecule has 4 heteroatoms. The average Bonchev–Trinajstić information content (AvgIpc) is 2.47. The van der Waals surface area contributed by atoms with Gasteiger partial charge >= 0.3 is 0 Å². The molecule has 0 spiro atoms. The Bertz CT molecular complexity index is 587. The first kappa shape index (κ1) is 15.6. The Balaban J connectivity index is 1.86. The third-order valence-corrected chi connectivity index (χ3v) is 3.50. The summed E-state index contributed by atoms with van der Waals surface area (Å²) in [5.41, 5.74) is 7.52. The largest absolute Gasteiger partial charge is 0.324 e. The molecular weight excluding hydrogens is 270 g/mol. The Morgan fingerprint density at radius 1 is 1.10 bits per heavy atom. The lowest BCUT2D eigenvalue weighted by molar-refractivity contribution is 0.306. The number of nitrogens with zero attached hydrogens (tertiary/aromatic N) is 1. The van der Waals surface area contributed by atoms with Gasteiger partial charge in [0.25, 0.3) is 0 Å². The Hall–Kier alpha value is -1.78. The second-order valence-corrected chi connectivity index (χ2v) is 5.28. The third kappa shape index (κ3) is 4.62. The summed E-state index contributed by atoms with van der Waals surface area (Å²) in [4.78, 5) is 2.01. The molecule has 0 aliphatic carbocycles. The van der Waals surface area contributed by atoms with E-state index in [9.17, 15) is 8.78 Å². The Kier molecular flexibility index (Phi) is 5.42. The van der Waals surface area contributed by atoms with E-state index in [0.29, 0.717) is 25.1 Å². The predicted octanol–water partition coefficient (Wildman–Crippen LogP) is 3.49. The van der Waals surface area contributed by atoms with Crippen molar-refractivity contribution in [3.05, 3.63) is 71.3 Å². The molecule has 21 heavy (non-hydrogen) atoms. The van der Waals surface area contributed by atoms with E-state index < -0.39 is 0 Å². The van der Waals surface area contributed by atoms with Crippen LogP contribution in [-0.2, 0) is 6.54 Å². The highest BCUT2D eigenvalue weighted by Gasteiger charge is 2.10. The SMILES string of the molecule is CN(CCC(N)c1cccc(F)c1)Cc1ccccc1F. The molecule has 0 heterocycles. The minimum atomic E-state index is -0.275. The normalized spacial score (nSPS) is 12.6. The lowest BCUT2D eigenvalue weighted by Crippen LogP contribution is -2.24. The van der Waals surface area contributed by atoms with Crippen molar-refractivity contribution >= 4 is 0 Å². The first-order valence-corrected chi connectivity index (χ1v) is 6.99. The zero-order valence-corrected chi connectivity index (χ0v) is 12.1. The van der Waals surface area contributed by atoms with Crippen LogP contribution in [0.3, 0.4) is 0 Å². The van der Waals surface area contributed by atoms with E-state index in [-0.39, 0.29) is 17.7 Å². The molecule has 112 valence electrons. The zero-order chi connectivity index (χ0) is 15.2. The molecule has 0 fully saturated rings. The number of benzene rings is 2. The standard InChI is InChI=1S/C17H20F2N2/c1-21(12-14-5-2-3-8-16(14)19)10-9-17(20)13-6-4-7-15(18)11-13/h2-8,11,17H,9-10,12,20H2,1H3. The first-order chi connectivity index (χ1) is 10.1. The van der Waals surface area contributed by atoms with Crippen LogP contribution in [0.15, 0.2) is 48.5 Å². The molecule has 0 saturated carbocycles. The van der Waals surface area contributed by atoms with Crippen molar-refractivity contribution in [2.75, 3.05) is 13.6 Å². The number of hydrogen-bond acceptors (Lipinski definition) is 2. The molecule has 2 aromatic carbocycles. The highest BCUT2D eigenvalue weighted by molar-refractivity contribution is 5.20. The van der Waals surface area contributed by atoms with Crippen LogP contribution < -0.4 is 5.73 Å². The van der Waals surface area contributed by atoms with Gasteiger partial charge in [-0.25, -0.2) is 8.78 Å². The molecule has 0 saturated heterocycles. The van der Waals surface area contributed by atoms with Gasteiger partial charge in [0.2, 0.25) is 0 Å². The van der Waals surface area contributed by atoms with Gasteiger partial charge in [0.1, 0.15) is 11.6 Å². The fraction of sp³-hybridized carbons (Fsp3) is 0.294. The van der Waals surface area contributed by atoms with E-state index >= 15 is 0 Å². The topological polar surface area (TPSA) is 29.3 Å². The number of halogens is 2.